The molecule has 41 heteroatoms. The number of rotatable bonds is 43. The molecule has 0 atom stereocenters. The number of aliphatic hydroxyl groups is 8. The fourth-order valence-corrected chi connectivity index (χ4v) is 25.3. The van der Waals surface area contributed by atoms with E-state index in [2.05, 4.69) is 67.6 Å². The lowest BCUT2D eigenvalue weighted by atomic mass is 9.87. The van der Waals surface area contributed by atoms with E-state index in [-0.39, 0.29) is 114 Å². The standard InChI is InChI=1S/C24H32N2O4S2.2C22H28N2O6S2.C19H28N2O3Si.C8H14N2O3S2/c1-7-9-17-10-16(13-25)11-19(15(3)4)20(17)12-18(27)14-32(29,30)22-21(8-2)26-23(31-22)24(5,6)28;2*1-13(2)17-8-14(10-23)7-15(5-6-25)18(17)9-16(27)12-32(29,30)20-19(11-26)24-21(31-20)22(3,4)28;1-15(2)18-12-17(20-3)11-16(19(18)21-13-22)7-8-23-14-24-9-10-25(4,5)6;1-4-5-6(15(9,12)13)14-7(10-5)8(2,3)11/h10-11,15,28H,7-9,12,14H2,1-6H3;2*7-8,13,25-26,28H,5-6,9,11-12H2,1-4H3;11-12,15H,7-10,14H2,1-2,4-6H3;11H,4H2,1-3H3,(H2,9,12,13). The van der Waals surface area contributed by atoms with Gasteiger partial charge in [-0.3, -0.25) is 14.4 Å². The number of carbonyl (C=O) groups is 3. The maximum absolute atomic E-state index is 13.1. The summed E-state index contributed by atoms with van der Waals surface area (Å²) in [6.07, 6.45) is 4.78. The molecule has 4 aromatic heterocycles. The minimum absolute atomic E-state index is 0.00635. The summed E-state index contributed by atoms with van der Waals surface area (Å²) >= 11 is 3.34. The van der Waals surface area contributed by atoms with Crippen molar-refractivity contribution in [1.29, 1.82) is 15.8 Å². The average molecular weight is 2050 g/mol. The van der Waals surface area contributed by atoms with Crippen LogP contribution in [0.1, 0.15) is 282 Å². The Kier molecular flexibility index (Phi) is 45.7. The first-order valence-electron chi connectivity index (χ1n) is 44.0. The Bertz CT molecular complexity index is 5790. The van der Waals surface area contributed by atoms with E-state index in [0.29, 0.717) is 104 Å². The normalized spacial score (nSPS) is 12.1. The second-order valence-corrected chi connectivity index (χ2v) is 54.8. The molecular weight excluding hydrogens is 1920 g/mol. The number of aliphatic hydroxyl groups excluding tert-OH is 4. The summed E-state index contributed by atoms with van der Waals surface area (Å²) in [5.41, 5.74) is 6.42. The Hall–Kier alpha value is -8.67. The topological polar surface area (TPSA) is 551 Å². The van der Waals surface area contributed by atoms with E-state index >= 15 is 0 Å². The van der Waals surface area contributed by atoms with Gasteiger partial charge in [-0.1, -0.05) is 114 Å². The van der Waals surface area contributed by atoms with Crippen molar-refractivity contribution >= 4 is 128 Å². The first-order valence-corrected chi connectivity index (χ1v) is 57.5. The van der Waals surface area contributed by atoms with Crippen LogP contribution in [0.3, 0.4) is 0 Å². The van der Waals surface area contributed by atoms with Gasteiger partial charge in [0.25, 0.3) is 0 Å². The number of aliphatic imine (C=N–C) groups is 1. The maximum atomic E-state index is 13.1. The fourth-order valence-electron chi connectivity index (χ4n) is 13.7. The Balaban J connectivity index is 0.000000362. The molecule has 8 aromatic rings. The summed E-state index contributed by atoms with van der Waals surface area (Å²) < 4.78 is 111. The fraction of sp³-hybridized carbons (Fsp3) is 0.537. The molecule has 0 aliphatic heterocycles. The zero-order valence-electron chi connectivity index (χ0n) is 81.4. The van der Waals surface area contributed by atoms with Crippen molar-refractivity contribution in [3.05, 3.63) is 181 Å². The van der Waals surface area contributed by atoms with E-state index in [1.165, 1.54) is 27.7 Å². The summed E-state index contributed by atoms with van der Waals surface area (Å²) in [5.74, 6) is -3.47. The number of sulfonamides is 1. The van der Waals surface area contributed by atoms with Gasteiger partial charge in [0.2, 0.25) is 16.1 Å². The molecule has 8 rings (SSSR count). The summed E-state index contributed by atoms with van der Waals surface area (Å²) in [6, 6.07) is 21.2. The highest BCUT2D eigenvalue weighted by atomic mass is 32.3. The van der Waals surface area contributed by atoms with Crippen LogP contribution in [-0.2, 0) is 162 Å². The minimum Gasteiger partial charge on any atom is -0.396 e. The Labute approximate surface area is 817 Å². The van der Waals surface area contributed by atoms with E-state index in [1.807, 2.05) is 62.3 Å². The molecule has 744 valence electrons. The van der Waals surface area contributed by atoms with Crippen LogP contribution in [-0.4, -0.2) is 176 Å². The summed E-state index contributed by atoms with van der Waals surface area (Å²) in [6.45, 7) is 47.3. The van der Waals surface area contributed by atoms with Gasteiger partial charge in [-0.05, 0) is 221 Å². The van der Waals surface area contributed by atoms with Crippen molar-refractivity contribution in [3.8, 4) is 18.2 Å². The van der Waals surface area contributed by atoms with Gasteiger partial charge in [0.05, 0.1) is 89.8 Å². The number of ether oxygens (including phenoxy) is 2. The van der Waals surface area contributed by atoms with Gasteiger partial charge >= 0.3 is 0 Å². The molecule has 0 saturated heterocycles. The van der Waals surface area contributed by atoms with E-state index in [0.717, 1.165) is 103 Å². The number of hydrogen-bond acceptors (Lipinski definition) is 34. The van der Waals surface area contributed by atoms with Crippen LogP contribution in [0, 0.1) is 40.6 Å². The lowest BCUT2D eigenvalue weighted by molar-refractivity contribution is -0.116. The van der Waals surface area contributed by atoms with Crippen molar-refractivity contribution in [1.82, 2.24) is 19.9 Å². The largest absolute Gasteiger partial charge is 0.396 e. The average Bonchev–Trinajstić information content (AvgIpc) is 1.64. The van der Waals surface area contributed by atoms with Crippen molar-refractivity contribution in [2.24, 2.45) is 10.1 Å². The zero-order chi connectivity index (χ0) is 104. The number of benzene rings is 4. The van der Waals surface area contributed by atoms with E-state index in [9.17, 15) is 109 Å². The highest BCUT2D eigenvalue weighted by Gasteiger charge is 2.36. The molecule has 0 radical (unpaired) electrons. The van der Waals surface area contributed by atoms with Gasteiger partial charge in [-0.25, -0.2) is 68.4 Å². The van der Waals surface area contributed by atoms with Crippen LogP contribution in [0.2, 0.25) is 25.7 Å². The number of sulfone groups is 3. The summed E-state index contributed by atoms with van der Waals surface area (Å²) in [4.78, 5) is 73.3. The lowest BCUT2D eigenvalue weighted by Crippen LogP contribution is -2.22. The highest BCUT2D eigenvalue weighted by Crippen LogP contribution is 2.40. The number of Topliss-reactive ketones (excluding diaryl/α,β-unsaturated/α-hetero) is 3. The molecule has 10 N–H and O–H groups in total. The second kappa shape index (κ2) is 52.0. The Morgan fingerprint density at radius 3 is 1.07 bits per heavy atom. The number of primary sulfonamides is 1. The molecule has 0 bridgehead atoms. The number of ketones is 3. The molecule has 136 heavy (non-hydrogen) atoms. The van der Waals surface area contributed by atoms with Gasteiger partial charge < -0.3 is 50.3 Å². The van der Waals surface area contributed by atoms with Crippen molar-refractivity contribution < 1.29 is 103 Å². The predicted octanol–water partition coefficient (Wildman–Crippen LogP) is 14.2. The number of nitriles is 3. The third-order valence-electron chi connectivity index (χ3n) is 20.4. The molecule has 4 heterocycles. The zero-order valence-corrected chi connectivity index (χ0v) is 89.0. The number of aryl methyl sites for hydroxylation is 3. The second-order valence-electron chi connectivity index (χ2n) is 36.9. The van der Waals surface area contributed by atoms with Crippen LogP contribution in [0.15, 0.2) is 70.4 Å². The van der Waals surface area contributed by atoms with Gasteiger partial charge in [0.1, 0.15) is 79.1 Å². The van der Waals surface area contributed by atoms with Crippen LogP contribution in [0.5, 0.6) is 0 Å². The number of aromatic nitrogens is 4. The van der Waals surface area contributed by atoms with Crippen LogP contribution >= 0.6 is 45.3 Å². The van der Waals surface area contributed by atoms with Crippen LogP contribution in [0.25, 0.3) is 4.85 Å². The molecule has 0 fully saturated rings. The monoisotopic (exact) mass is 2050 g/mol. The Morgan fingerprint density at radius 2 is 0.794 bits per heavy atom. The van der Waals surface area contributed by atoms with Crippen molar-refractivity contribution in [2.45, 2.75) is 298 Å². The Morgan fingerprint density at radius 1 is 0.478 bits per heavy atom. The van der Waals surface area contributed by atoms with Crippen molar-refractivity contribution in [3.63, 3.8) is 0 Å². The molecule has 0 amide bonds. The number of nitrogens with two attached hydrogens (primary N) is 1. The molecular formula is C95H130N10O22S8Si. The maximum Gasteiger partial charge on any atom is 0.249 e. The molecule has 0 aliphatic rings. The third kappa shape index (κ3) is 35.6. The first-order chi connectivity index (χ1) is 62.9. The molecule has 32 nitrogen and oxygen atoms in total. The van der Waals surface area contributed by atoms with Gasteiger partial charge in [0, 0.05) is 47.2 Å². The van der Waals surface area contributed by atoms with Crippen LogP contribution < -0.4 is 5.14 Å². The number of thiazole rings is 4. The first kappa shape index (κ1) is 120. The SMILES string of the molecule is CC(C)c1cc(C#N)cc(CCO)c1CC(=O)CS(=O)(=O)c1sc(C(C)(C)O)nc1CO.CC(C)c1cc(C#N)cc(CCO)c1CC(=O)CS(=O)(=O)c1sc(C(C)(C)O)nc1CO.CCCc1cc(C#N)cc(C(C)C)c1CC(=O)CS(=O)(=O)c1sc(C(C)(C)O)nc1CC.CCc1nc(C(C)(C)O)sc1S(N)(=O)=O.[C-]#[N+]c1cc(CCOCOCC[Si](C)(C)C)c(N=C=O)c(C(C)C)c1. The molecule has 0 aliphatic carbocycles. The van der Waals surface area contributed by atoms with Crippen molar-refractivity contribution in [2.75, 3.05) is 50.5 Å². The summed E-state index contributed by atoms with van der Waals surface area (Å²) in [7, 11) is -16.9. The number of nitrogens with zero attached hydrogens (tertiary/aromatic N) is 9. The van der Waals surface area contributed by atoms with E-state index in [4.69, 9.17) is 21.2 Å². The number of isocyanates is 1. The third-order valence-corrected chi connectivity index (χ3v) is 36.2. The van der Waals surface area contributed by atoms with E-state index < -0.39 is 118 Å². The molecule has 0 unspecified atom stereocenters. The smallest absolute Gasteiger partial charge is 0.249 e. The molecule has 4 aromatic carbocycles. The predicted molar refractivity (Wildman–Crippen MR) is 528 cm³/mol. The molecule has 0 spiro atoms. The quantitative estimate of drug-likeness (QED) is 0.00428. The minimum atomic E-state index is -4.10. The highest BCUT2D eigenvalue weighted by molar-refractivity contribution is 7.95. The van der Waals surface area contributed by atoms with E-state index in [1.54, 1.807) is 96.2 Å². The van der Waals surface area contributed by atoms with Gasteiger partial charge in [-0.2, -0.15) is 20.8 Å². The number of hydrogen-bond donors (Lipinski definition) is 9. The summed E-state index contributed by atoms with van der Waals surface area (Å²) in [5, 5.41) is 112. The van der Waals surface area contributed by atoms with Crippen LogP contribution in [0.4, 0.5) is 11.4 Å². The number of carbonyl (C=O) groups excluding carboxylic acids is 4. The van der Waals surface area contributed by atoms with Gasteiger partial charge in [0.15, 0.2) is 56.8 Å². The lowest BCUT2D eigenvalue weighted by Gasteiger charge is -2.18. The molecule has 0 saturated carbocycles. The van der Waals surface area contributed by atoms with Gasteiger partial charge in [-0.15, -0.1) is 45.3 Å².